The second kappa shape index (κ2) is 5.54. The Morgan fingerprint density at radius 1 is 1.44 bits per heavy atom. The fraction of sp³-hybridized carbons (Fsp3) is 0.462. The molecule has 3 nitrogen and oxygen atoms in total. The van der Waals surface area contributed by atoms with Crippen LogP contribution in [0.15, 0.2) is 24.3 Å². The summed E-state index contributed by atoms with van der Waals surface area (Å²) in [4.78, 5) is 13.3. The maximum Gasteiger partial charge on any atom is 0.260 e. The summed E-state index contributed by atoms with van der Waals surface area (Å²) in [5, 5.41) is 0. The summed E-state index contributed by atoms with van der Waals surface area (Å²) in [6.07, 6.45) is 0. The molecule has 0 bridgehead atoms. The zero-order valence-electron chi connectivity index (χ0n) is 10.4. The molecule has 1 amide bonds. The van der Waals surface area contributed by atoms with Crippen molar-refractivity contribution in [2.24, 2.45) is 0 Å². The average Bonchev–Trinajstić information content (AvgIpc) is 2.24. The molecule has 0 radical (unpaired) electrons. The fourth-order valence-corrected chi connectivity index (χ4v) is 1.24. The van der Waals surface area contributed by atoms with Crippen LogP contribution in [0.3, 0.4) is 0 Å². The van der Waals surface area contributed by atoms with Crippen LogP contribution in [0, 0.1) is 6.92 Å². The standard InChI is InChI=1S/C13H19NO2/c1-10(2)14(4)13(15)9-16-12-7-5-6-11(3)8-12/h5-8,10H,9H2,1-4H3. The maximum atomic E-state index is 11.6. The first-order chi connectivity index (χ1) is 7.50. The largest absolute Gasteiger partial charge is 0.484 e. The molecule has 0 heterocycles. The second-order valence-corrected chi connectivity index (χ2v) is 4.20. The zero-order chi connectivity index (χ0) is 12.1. The number of aryl methyl sites for hydroxylation is 1. The summed E-state index contributed by atoms with van der Waals surface area (Å²) in [7, 11) is 1.78. The van der Waals surface area contributed by atoms with Gasteiger partial charge in [-0.25, -0.2) is 0 Å². The molecular weight excluding hydrogens is 202 g/mol. The van der Waals surface area contributed by atoms with Gasteiger partial charge < -0.3 is 9.64 Å². The molecule has 1 aromatic carbocycles. The van der Waals surface area contributed by atoms with E-state index < -0.39 is 0 Å². The van der Waals surface area contributed by atoms with Gasteiger partial charge in [-0.15, -0.1) is 0 Å². The number of hydrogen-bond donors (Lipinski definition) is 0. The quantitative estimate of drug-likeness (QED) is 0.780. The Morgan fingerprint density at radius 3 is 2.69 bits per heavy atom. The van der Waals surface area contributed by atoms with Crippen molar-refractivity contribution in [2.75, 3.05) is 13.7 Å². The third kappa shape index (κ3) is 3.57. The molecule has 0 saturated carbocycles. The molecular formula is C13H19NO2. The second-order valence-electron chi connectivity index (χ2n) is 4.20. The lowest BCUT2D eigenvalue weighted by Gasteiger charge is -2.21. The fourth-order valence-electron chi connectivity index (χ4n) is 1.24. The van der Waals surface area contributed by atoms with Crippen LogP contribution in [0.2, 0.25) is 0 Å². The third-order valence-corrected chi connectivity index (χ3v) is 2.52. The Morgan fingerprint density at radius 2 is 2.12 bits per heavy atom. The summed E-state index contributed by atoms with van der Waals surface area (Å²) >= 11 is 0. The van der Waals surface area contributed by atoms with Crippen LogP contribution in [0.1, 0.15) is 19.4 Å². The monoisotopic (exact) mass is 221 g/mol. The van der Waals surface area contributed by atoms with Crippen molar-refractivity contribution >= 4 is 5.91 Å². The lowest BCUT2D eigenvalue weighted by atomic mass is 10.2. The highest BCUT2D eigenvalue weighted by atomic mass is 16.5. The van der Waals surface area contributed by atoms with Crippen LogP contribution < -0.4 is 4.74 Å². The van der Waals surface area contributed by atoms with Gasteiger partial charge in [0.05, 0.1) is 0 Å². The Balaban J connectivity index is 2.49. The summed E-state index contributed by atoms with van der Waals surface area (Å²) in [6, 6.07) is 7.89. The first-order valence-electron chi connectivity index (χ1n) is 5.46. The van der Waals surface area contributed by atoms with Gasteiger partial charge in [0.15, 0.2) is 6.61 Å². The number of carbonyl (C=O) groups excluding carboxylic acids is 1. The predicted octanol–water partition coefficient (Wildman–Crippen LogP) is 2.24. The van der Waals surface area contributed by atoms with Crippen LogP contribution >= 0.6 is 0 Å². The zero-order valence-corrected chi connectivity index (χ0v) is 10.4. The molecule has 0 fully saturated rings. The molecule has 0 aliphatic carbocycles. The number of ether oxygens (including phenoxy) is 1. The molecule has 1 aromatic rings. The van der Waals surface area contributed by atoms with Crippen LogP contribution in [-0.2, 0) is 4.79 Å². The maximum absolute atomic E-state index is 11.6. The minimum absolute atomic E-state index is 0.00324. The van der Waals surface area contributed by atoms with Crippen molar-refractivity contribution in [2.45, 2.75) is 26.8 Å². The topological polar surface area (TPSA) is 29.5 Å². The van der Waals surface area contributed by atoms with Gasteiger partial charge in [-0.05, 0) is 38.5 Å². The Bertz CT molecular complexity index is 361. The number of amides is 1. The van der Waals surface area contributed by atoms with Crippen molar-refractivity contribution in [3.05, 3.63) is 29.8 Å². The van der Waals surface area contributed by atoms with E-state index in [1.165, 1.54) is 0 Å². The van der Waals surface area contributed by atoms with E-state index >= 15 is 0 Å². The van der Waals surface area contributed by atoms with Gasteiger partial charge in [-0.3, -0.25) is 4.79 Å². The van der Waals surface area contributed by atoms with Gasteiger partial charge in [0.2, 0.25) is 0 Å². The molecule has 0 atom stereocenters. The van der Waals surface area contributed by atoms with E-state index in [2.05, 4.69) is 0 Å². The number of benzene rings is 1. The minimum atomic E-state index is -0.00324. The number of likely N-dealkylation sites (N-methyl/N-ethyl adjacent to an activating group) is 1. The van der Waals surface area contributed by atoms with Gasteiger partial charge in [0.1, 0.15) is 5.75 Å². The molecule has 88 valence electrons. The Hall–Kier alpha value is -1.51. The van der Waals surface area contributed by atoms with Gasteiger partial charge in [0, 0.05) is 13.1 Å². The molecule has 3 heteroatoms. The summed E-state index contributed by atoms with van der Waals surface area (Å²) in [6.45, 7) is 6.04. The van der Waals surface area contributed by atoms with E-state index in [0.717, 1.165) is 11.3 Å². The molecule has 0 spiro atoms. The van der Waals surface area contributed by atoms with Crippen LogP contribution in [-0.4, -0.2) is 30.5 Å². The number of rotatable bonds is 4. The van der Waals surface area contributed by atoms with E-state index in [1.807, 2.05) is 45.0 Å². The first-order valence-corrected chi connectivity index (χ1v) is 5.46. The van der Waals surface area contributed by atoms with E-state index in [4.69, 9.17) is 4.74 Å². The number of hydrogen-bond acceptors (Lipinski definition) is 2. The highest BCUT2D eigenvalue weighted by Gasteiger charge is 2.12. The first kappa shape index (κ1) is 12.6. The van der Waals surface area contributed by atoms with Gasteiger partial charge in [0.25, 0.3) is 5.91 Å². The number of carbonyl (C=O) groups is 1. The summed E-state index contributed by atoms with van der Waals surface area (Å²) in [5.41, 5.74) is 1.13. The normalized spacial score (nSPS) is 10.3. The van der Waals surface area contributed by atoms with Gasteiger partial charge in [-0.2, -0.15) is 0 Å². The van der Waals surface area contributed by atoms with E-state index in [9.17, 15) is 4.79 Å². The molecule has 0 aromatic heterocycles. The highest BCUT2D eigenvalue weighted by molar-refractivity contribution is 5.77. The van der Waals surface area contributed by atoms with Crippen LogP contribution in [0.4, 0.5) is 0 Å². The van der Waals surface area contributed by atoms with E-state index in [-0.39, 0.29) is 18.6 Å². The Labute approximate surface area is 97.0 Å². The highest BCUT2D eigenvalue weighted by Crippen LogP contribution is 2.12. The van der Waals surface area contributed by atoms with Crippen LogP contribution in [0.25, 0.3) is 0 Å². The van der Waals surface area contributed by atoms with Crippen molar-refractivity contribution in [1.29, 1.82) is 0 Å². The van der Waals surface area contributed by atoms with E-state index in [0.29, 0.717) is 0 Å². The molecule has 0 aliphatic heterocycles. The van der Waals surface area contributed by atoms with Gasteiger partial charge >= 0.3 is 0 Å². The number of nitrogens with zero attached hydrogens (tertiary/aromatic N) is 1. The molecule has 0 saturated heterocycles. The van der Waals surface area contributed by atoms with Crippen molar-refractivity contribution < 1.29 is 9.53 Å². The molecule has 0 N–H and O–H groups in total. The summed E-state index contributed by atoms with van der Waals surface area (Å²) in [5.74, 6) is 0.738. The van der Waals surface area contributed by atoms with E-state index in [1.54, 1.807) is 11.9 Å². The minimum Gasteiger partial charge on any atom is -0.484 e. The Kier molecular flexibility index (Phi) is 4.35. The summed E-state index contributed by atoms with van der Waals surface area (Å²) < 4.78 is 5.43. The average molecular weight is 221 g/mol. The predicted molar refractivity (Wildman–Crippen MR) is 64.6 cm³/mol. The van der Waals surface area contributed by atoms with Crippen LogP contribution in [0.5, 0.6) is 5.75 Å². The van der Waals surface area contributed by atoms with Gasteiger partial charge in [-0.1, -0.05) is 12.1 Å². The van der Waals surface area contributed by atoms with Crippen molar-refractivity contribution in [3.8, 4) is 5.75 Å². The molecule has 16 heavy (non-hydrogen) atoms. The lowest BCUT2D eigenvalue weighted by molar-refractivity contribution is -0.133. The third-order valence-electron chi connectivity index (χ3n) is 2.52. The SMILES string of the molecule is Cc1cccc(OCC(=O)N(C)C(C)C)c1. The lowest BCUT2D eigenvalue weighted by Crippen LogP contribution is -2.36. The van der Waals surface area contributed by atoms with Crippen molar-refractivity contribution in [1.82, 2.24) is 4.90 Å². The molecule has 1 rings (SSSR count). The van der Waals surface area contributed by atoms with Crippen molar-refractivity contribution in [3.63, 3.8) is 0 Å². The molecule has 0 aliphatic rings. The molecule has 0 unspecified atom stereocenters. The smallest absolute Gasteiger partial charge is 0.260 e.